The average Bonchev–Trinajstić information content (AvgIpc) is 2.86. The molecule has 5 nitrogen and oxygen atoms in total. The van der Waals surface area contributed by atoms with Crippen LogP contribution in [0.15, 0.2) is 54.6 Å². The molecule has 1 heterocycles. The first-order chi connectivity index (χ1) is 10.3. The van der Waals surface area contributed by atoms with E-state index in [0.717, 1.165) is 0 Å². The van der Waals surface area contributed by atoms with Gasteiger partial charge in [0.15, 0.2) is 5.82 Å². The number of carbonyl (C=O) groups is 1. The summed E-state index contributed by atoms with van der Waals surface area (Å²) in [6, 6.07) is 16.0. The number of rotatable bonds is 2. The molecular formula is C16H11N3O2. The van der Waals surface area contributed by atoms with Crippen LogP contribution in [0.2, 0.25) is 0 Å². The fraction of sp³-hybridized carbons (Fsp3) is 0.0625. The Hall–Kier alpha value is -3.13. The monoisotopic (exact) mass is 277 g/mol. The lowest BCUT2D eigenvalue weighted by Gasteiger charge is -2.06. The van der Waals surface area contributed by atoms with Gasteiger partial charge in [-0.05, 0) is 24.3 Å². The highest BCUT2D eigenvalue weighted by molar-refractivity contribution is 5.88. The molecule has 0 atom stereocenters. The molecule has 0 unspecified atom stereocenters. The molecule has 3 aromatic rings. The van der Waals surface area contributed by atoms with Crippen LogP contribution in [0.4, 0.5) is 4.79 Å². The number of fused-ring (bicyclic) bond motifs is 1. The van der Waals surface area contributed by atoms with Crippen LogP contribution in [-0.4, -0.2) is 15.6 Å². The predicted octanol–water partition coefficient (Wildman–Crippen LogP) is 3.50. The molecule has 0 radical (unpaired) electrons. The van der Waals surface area contributed by atoms with E-state index in [-0.39, 0.29) is 6.54 Å². The number of imidazole rings is 1. The number of nitrogens with zero attached hydrogens (tertiary/aromatic N) is 3. The smallest absolute Gasteiger partial charge is 0.410 e. The van der Waals surface area contributed by atoms with E-state index in [9.17, 15) is 4.79 Å². The molecule has 0 amide bonds. The van der Waals surface area contributed by atoms with Gasteiger partial charge in [-0.25, -0.2) is 20.9 Å². The molecule has 0 spiro atoms. The Morgan fingerprint density at radius 3 is 2.62 bits per heavy atom. The Labute approximate surface area is 121 Å². The molecule has 0 fully saturated rings. The lowest BCUT2D eigenvalue weighted by molar-refractivity contribution is 0.202. The zero-order chi connectivity index (χ0) is 14.7. The molecule has 1 aromatic heterocycles. The minimum absolute atomic E-state index is 0.0264. The Bertz CT molecular complexity index is 832. The molecule has 0 N–H and O–H groups in total. The van der Waals surface area contributed by atoms with E-state index in [2.05, 4.69) is 9.83 Å². The van der Waals surface area contributed by atoms with E-state index < -0.39 is 6.09 Å². The molecule has 0 aliphatic carbocycles. The minimum atomic E-state index is -0.562. The van der Waals surface area contributed by atoms with Gasteiger partial charge in [-0.3, -0.25) is 0 Å². The molecule has 5 heteroatoms. The largest absolute Gasteiger partial charge is 0.425 e. The number of carbonyl (C=O) groups excluding carboxylic acids is 1. The summed E-state index contributed by atoms with van der Waals surface area (Å²) in [5.41, 5.74) is 1.30. The van der Waals surface area contributed by atoms with Crippen molar-refractivity contribution in [1.82, 2.24) is 9.55 Å². The highest BCUT2D eigenvalue weighted by Crippen LogP contribution is 2.18. The van der Waals surface area contributed by atoms with Gasteiger partial charge in [0.25, 0.3) is 6.54 Å². The van der Waals surface area contributed by atoms with Gasteiger partial charge >= 0.3 is 6.09 Å². The molecule has 0 aliphatic rings. The van der Waals surface area contributed by atoms with E-state index >= 15 is 0 Å². The number of para-hydroxylation sites is 3. The van der Waals surface area contributed by atoms with Crippen molar-refractivity contribution in [3.8, 4) is 5.75 Å². The summed E-state index contributed by atoms with van der Waals surface area (Å²) in [6.07, 6.45) is -0.562. The number of ether oxygens (including phenoxy) is 1. The van der Waals surface area contributed by atoms with Crippen LogP contribution < -0.4 is 4.74 Å². The third kappa shape index (κ3) is 2.47. The lowest BCUT2D eigenvalue weighted by Crippen LogP contribution is -2.19. The summed E-state index contributed by atoms with van der Waals surface area (Å²) in [5, 5.41) is 0. The van der Waals surface area contributed by atoms with Crippen LogP contribution in [-0.2, 0) is 6.54 Å². The average molecular weight is 277 g/mol. The van der Waals surface area contributed by atoms with Gasteiger partial charge in [0.05, 0.1) is 11.0 Å². The van der Waals surface area contributed by atoms with Crippen molar-refractivity contribution in [3.05, 3.63) is 71.8 Å². The maximum atomic E-state index is 12.4. The minimum Gasteiger partial charge on any atom is -0.410 e. The lowest BCUT2D eigenvalue weighted by atomic mass is 10.3. The van der Waals surface area contributed by atoms with Gasteiger partial charge in [0.1, 0.15) is 5.75 Å². The third-order valence-electron chi connectivity index (χ3n) is 2.98. The summed E-state index contributed by atoms with van der Waals surface area (Å²) in [5.74, 6) is 0.834. The van der Waals surface area contributed by atoms with Crippen molar-refractivity contribution in [2.24, 2.45) is 0 Å². The normalized spacial score (nSPS) is 10.2. The van der Waals surface area contributed by atoms with Gasteiger partial charge in [-0.1, -0.05) is 30.3 Å². The summed E-state index contributed by atoms with van der Waals surface area (Å²) in [4.78, 5) is 20.0. The van der Waals surface area contributed by atoms with Crippen molar-refractivity contribution in [2.45, 2.75) is 6.54 Å². The van der Waals surface area contributed by atoms with Crippen LogP contribution in [0.25, 0.3) is 15.9 Å². The molecule has 2 aromatic carbocycles. The maximum absolute atomic E-state index is 12.4. The molecule has 0 bridgehead atoms. The summed E-state index contributed by atoms with van der Waals surface area (Å²) in [7, 11) is 0. The van der Waals surface area contributed by atoms with Gasteiger partial charge in [0.2, 0.25) is 0 Å². The molecule has 21 heavy (non-hydrogen) atoms. The van der Waals surface area contributed by atoms with E-state index in [4.69, 9.17) is 11.3 Å². The highest BCUT2D eigenvalue weighted by Gasteiger charge is 2.19. The van der Waals surface area contributed by atoms with Gasteiger partial charge in [0, 0.05) is 0 Å². The predicted molar refractivity (Wildman–Crippen MR) is 77.9 cm³/mol. The second-order valence-corrected chi connectivity index (χ2v) is 4.35. The number of benzene rings is 2. The van der Waals surface area contributed by atoms with Crippen molar-refractivity contribution in [3.63, 3.8) is 0 Å². The van der Waals surface area contributed by atoms with Crippen molar-refractivity contribution < 1.29 is 9.53 Å². The first-order valence-corrected chi connectivity index (χ1v) is 6.36. The Kier molecular flexibility index (Phi) is 3.36. The van der Waals surface area contributed by atoms with Crippen LogP contribution in [0.3, 0.4) is 0 Å². The third-order valence-corrected chi connectivity index (χ3v) is 2.98. The Morgan fingerprint density at radius 2 is 1.86 bits per heavy atom. The topological polar surface area (TPSA) is 48.5 Å². The van der Waals surface area contributed by atoms with Crippen LogP contribution in [0, 0.1) is 6.57 Å². The van der Waals surface area contributed by atoms with Crippen LogP contribution in [0.1, 0.15) is 5.82 Å². The maximum Gasteiger partial charge on any atom is 0.425 e. The summed E-state index contributed by atoms with van der Waals surface area (Å²) >= 11 is 0. The molecule has 102 valence electrons. The zero-order valence-corrected chi connectivity index (χ0v) is 11.1. The molecule has 0 saturated carbocycles. The summed E-state index contributed by atoms with van der Waals surface area (Å²) < 4.78 is 6.68. The van der Waals surface area contributed by atoms with Crippen LogP contribution in [0.5, 0.6) is 5.75 Å². The zero-order valence-electron chi connectivity index (χ0n) is 11.1. The van der Waals surface area contributed by atoms with E-state index in [0.29, 0.717) is 22.6 Å². The first-order valence-electron chi connectivity index (χ1n) is 6.36. The highest BCUT2D eigenvalue weighted by atomic mass is 16.6. The molecule has 0 aliphatic heterocycles. The van der Waals surface area contributed by atoms with Gasteiger partial charge in [-0.15, -0.1) is 0 Å². The van der Waals surface area contributed by atoms with E-state index in [1.54, 1.807) is 36.4 Å². The SMILES string of the molecule is [C-]#[N+]Cc1nc2ccccc2n1C(=O)Oc1ccccc1. The van der Waals surface area contributed by atoms with E-state index in [1.165, 1.54) is 4.57 Å². The molecular weight excluding hydrogens is 266 g/mol. The fourth-order valence-corrected chi connectivity index (χ4v) is 2.09. The number of hydrogen-bond donors (Lipinski definition) is 0. The van der Waals surface area contributed by atoms with Gasteiger partial charge < -0.3 is 9.58 Å². The van der Waals surface area contributed by atoms with Gasteiger partial charge in [-0.2, -0.15) is 0 Å². The first kappa shape index (κ1) is 12.9. The van der Waals surface area contributed by atoms with Crippen molar-refractivity contribution in [2.75, 3.05) is 0 Å². The standard InChI is InChI=1S/C16H11N3O2/c1-17-11-15-18-13-9-5-6-10-14(13)19(15)16(20)21-12-7-3-2-4-8-12/h2-10H,11H2. The quantitative estimate of drug-likeness (QED) is 0.673. The summed E-state index contributed by atoms with van der Waals surface area (Å²) in [6.45, 7) is 7.02. The second kappa shape index (κ2) is 5.47. The van der Waals surface area contributed by atoms with Crippen molar-refractivity contribution >= 4 is 17.1 Å². The number of hydrogen-bond acceptors (Lipinski definition) is 3. The van der Waals surface area contributed by atoms with Crippen molar-refractivity contribution in [1.29, 1.82) is 0 Å². The second-order valence-electron chi connectivity index (χ2n) is 4.35. The Morgan fingerprint density at radius 1 is 1.14 bits per heavy atom. The molecule has 3 rings (SSSR count). The molecule has 0 saturated heterocycles. The Balaban J connectivity index is 2.04. The fourth-order valence-electron chi connectivity index (χ4n) is 2.09. The van der Waals surface area contributed by atoms with Crippen LogP contribution >= 0.6 is 0 Å². The number of aromatic nitrogens is 2. The van der Waals surface area contributed by atoms with E-state index in [1.807, 2.05) is 18.2 Å².